The second kappa shape index (κ2) is 8.62. The first-order valence-corrected chi connectivity index (χ1v) is 8.99. The number of hydrogen-bond acceptors (Lipinski definition) is 4. The van der Waals surface area contributed by atoms with Crippen molar-refractivity contribution in [1.29, 1.82) is 0 Å². The molecule has 0 fully saturated rings. The standard InChI is InChI=1S/C17H14I2O4/c1-11-5-6-13(10-15(11)19)17(21)23-8-7-22-16(20)12-3-2-4-14(18)9-12/h2-6,9-10H,7-8H2,1H3. The Morgan fingerprint density at radius 3 is 2.09 bits per heavy atom. The Balaban J connectivity index is 1.79. The molecule has 120 valence electrons. The van der Waals surface area contributed by atoms with E-state index in [1.807, 2.05) is 19.1 Å². The van der Waals surface area contributed by atoms with Gasteiger partial charge in [-0.3, -0.25) is 0 Å². The van der Waals surface area contributed by atoms with Gasteiger partial charge in [0.2, 0.25) is 0 Å². The fraction of sp³-hybridized carbons (Fsp3) is 0.176. The van der Waals surface area contributed by atoms with E-state index in [2.05, 4.69) is 45.2 Å². The molecule has 0 radical (unpaired) electrons. The maximum Gasteiger partial charge on any atom is 0.338 e. The highest BCUT2D eigenvalue weighted by molar-refractivity contribution is 14.1. The third-order valence-electron chi connectivity index (χ3n) is 3.02. The van der Waals surface area contributed by atoms with Crippen LogP contribution in [0.1, 0.15) is 26.3 Å². The molecule has 0 atom stereocenters. The van der Waals surface area contributed by atoms with E-state index < -0.39 is 11.9 Å². The van der Waals surface area contributed by atoms with Gasteiger partial charge < -0.3 is 9.47 Å². The molecule has 0 heterocycles. The number of carbonyl (C=O) groups excluding carboxylic acids is 2. The second-order valence-electron chi connectivity index (χ2n) is 4.75. The first kappa shape index (κ1) is 18.2. The largest absolute Gasteiger partial charge is 0.458 e. The van der Waals surface area contributed by atoms with Gasteiger partial charge in [0, 0.05) is 7.14 Å². The average Bonchev–Trinajstić information content (AvgIpc) is 2.53. The van der Waals surface area contributed by atoms with Gasteiger partial charge in [0.15, 0.2) is 0 Å². The van der Waals surface area contributed by atoms with Crippen molar-refractivity contribution in [3.8, 4) is 0 Å². The highest BCUT2D eigenvalue weighted by atomic mass is 127. The van der Waals surface area contributed by atoms with Gasteiger partial charge in [0.05, 0.1) is 11.1 Å². The van der Waals surface area contributed by atoms with Gasteiger partial charge in [-0.15, -0.1) is 0 Å². The third-order valence-corrected chi connectivity index (χ3v) is 4.85. The van der Waals surface area contributed by atoms with Crippen LogP contribution in [0.25, 0.3) is 0 Å². The topological polar surface area (TPSA) is 52.6 Å². The molecule has 0 aromatic heterocycles. The Hall–Kier alpha value is -1.16. The molecule has 4 nitrogen and oxygen atoms in total. The van der Waals surface area contributed by atoms with Crippen molar-refractivity contribution < 1.29 is 19.1 Å². The van der Waals surface area contributed by atoms with Gasteiger partial charge in [-0.1, -0.05) is 12.1 Å². The molecule has 0 aliphatic heterocycles. The van der Waals surface area contributed by atoms with E-state index in [1.54, 1.807) is 30.3 Å². The fourth-order valence-corrected chi connectivity index (χ4v) is 2.83. The van der Waals surface area contributed by atoms with Crippen LogP contribution in [0.5, 0.6) is 0 Å². The molecule has 0 spiro atoms. The molecule has 0 N–H and O–H groups in total. The SMILES string of the molecule is Cc1ccc(C(=O)OCCOC(=O)c2cccc(I)c2)cc1I. The lowest BCUT2D eigenvalue weighted by molar-refractivity contribution is 0.0265. The molecule has 0 amide bonds. The zero-order chi connectivity index (χ0) is 16.8. The van der Waals surface area contributed by atoms with Crippen LogP contribution in [0, 0.1) is 14.1 Å². The molecule has 0 saturated carbocycles. The van der Waals surface area contributed by atoms with Crippen LogP contribution in [0.3, 0.4) is 0 Å². The van der Waals surface area contributed by atoms with E-state index >= 15 is 0 Å². The second-order valence-corrected chi connectivity index (χ2v) is 7.15. The van der Waals surface area contributed by atoms with E-state index in [9.17, 15) is 9.59 Å². The number of esters is 2. The summed E-state index contributed by atoms with van der Waals surface area (Å²) < 4.78 is 12.2. The maximum atomic E-state index is 11.9. The van der Waals surface area contributed by atoms with Crippen molar-refractivity contribution in [2.45, 2.75) is 6.92 Å². The predicted octanol–water partition coefficient (Wildman–Crippen LogP) is 4.22. The monoisotopic (exact) mass is 536 g/mol. The highest BCUT2D eigenvalue weighted by Crippen LogP contribution is 2.14. The molecule has 0 aliphatic rings. The Bertz CT molecular complexity index is 728. The van der Waals surface area contributed by atoms with Crippen LogP contribution >= 0.6 is 45.2 Å². The molecule has 23 heavy (non-hydrogen) atoms. The summed E-state index contributed by atoms with van der Waals surface area (Å²) in [5, 5.41) is 0. The predicted molar refractivity (Wildman–Crippen MR) is 104 cm³/mol. The molecule has 2 rings (SSSR count). The van der Waals surface area contributed by atoms with Crippen molar-refractivity contribution in [3.05, 3.63) is 66.3 Å². The van der Waals surface area contributed by atoms with Crippen molar-refractivity contribution in [2.24, 2.45) is 0 Å². The normalized spacial score (nSPS) is 10.2. The smallest absolute Gasteiger partial charge is 0.338 e. The molecular formula is C17H14I2O4. The summed E-state index contributed by atoms with van der Waals surface area (Å²) in [4.78, 5) is 23.7. The number of hydrogen-bond donors (Lipinski definition) is 0. The average molecular weight is 536 g/mol. The Kier molecular flexibility index (Phi) is 6.82. The number of ether oxygens (including phenoxy) is 2. The number of rotatable bonds is 5. The van der Waals surface area contributed by atoms with Gasteiger partial charge in [-0.25, -0.2) is 9.59 Å². The van der Waals surface area contributed by atoms with E-state index in [0.717, 1.165) is 12.7 Å². The summed E-state index contributed by atoms with van der Waals surface area (Å²) in [6.45, 7) is 2.03. The lowest BCUT2D eigenvalue weighted by Gasteiger charge is -2.07. The molecule has 0 saturated heterocycles. The van der Waals surface area contributed by atoms with Crippen molar-refractivity contribution in [1.82, 2.24) is 0 Å². The minimum absolute atomic E-state index is 0.0267. The van der Waals surface area contributed by atoms with Gasteiger partial charge in [-0.05, 0) is 88.0 Å². The molecular weight excluding hydrogens is 522 g/mol. The summed E-state index contributed by atoms with van der Waals surface area (Å²) in [7, 11) is 0. The molecule has 6 heteroatoms. The fourth-order valence-electron chi connectivity index (χ4n) is 1.77. The lowest BCUT2D eigenvalue weighted by Crippen LogP contribution is -2.14. The van der Waals surface area contributed by atoms with E-state index in [-0.39, 0.29) is 13.2 Å². The number of aryl methyl sites for hydroxylation is 1. The van der Waals surface area contributed by atoms with E-state index in [0.29, 0.717) is 11.1 Å². The van der Waals surface area contributed by atoms with Crippen molar-refractivity contribution in [3.63, 3.8) is 0 Å². The van der Waals surface area contributed by atoms with Gasteiger partial charge in [0.25, 0.3) is 0 Å². The van der Waals surface area contributed by atoms with Crippen LogP contribution in [-0.2, 0) is 9.47 Å². The van der Waals surface area contributed by atoms with Crippen LogP contribution < -0.4 is 0 Å². The van der Waals surface area contributed by atoms with Crippen molar-refractivity contribution >= 4 is 57.1 Å². The van der Waals surface area contributed by atoms with Gasteiger partial charge in [0.1, 0.15) is 13.2 Å². The first-order chi connectivity index (χ1) is 11.0. The number of carbonyl (C=O) groups is 2. The Morgan fingerprint density at radius 2 is 1.52 bits per heavy atom. The molecule has 0 bridgehead atoms. The quantitative estimate of drug-likeness (QED) is 0.327. The minimum Gasteiger partial charge on any atom is -0.458 e. The van der Waals surface area contributed by atoms with Crippen LogP contribution in [0.15, 0.2) is 42.5 Å². The van der Waals surface area contributed by atoms with Gasteiger partial charge in [-0.2, -0.15) is 0 Å². The maximum absolute atomic E-state index is 11.9. The number of benzene rings is 2. The highest BCUT2D eigenvalue weighted by Gasteiger charge is 2.10. The summed E-state index contributed by atoms with van der Waals surface area (Å²) in [6, 6.07) is 12.5. The summed E-state index contributed by atoms with van der Waals surface area (Å²) in [6.07, 6.45) is 0. The van der Waals surface area contributed by atoms with Crippen molar-refractivity contribution in [2.75, 3.05) is 13.2 Å². The Labute approximate surface area is 161 Å². The first-order valence-electron chi connectivity index (χ1n) is 6.83. The third kappa shape index (κ3) is 5.45. The van der Waals surface area contributed by atoms with Crippen LogP contribution in [-0.4, -0.2) is 25.2 Å². The van der Waals surface area contributed by atoms with E-state index in [4.69, 9.17) is 9.47 Å². The van der Waals surface area contributed by atoms with Crippen LogP contribution in [0.4, 0.5) is 0 Å². The molecule has 2 aromatic rings. The molecule has 0 unspecified atom stereocenters. The lowest BCUT2D eigenvalue weighted by atomic mass is 10.1. The summed E-state index contributed by atoms with van der Waals surface area (Å²) >= 11 is 4.29. The summed E-state index contributed by atoms with van der Waals surface area (Å²) in [5.41, 5.74) is 2.08. The zero-order valence-corrected chi connectivity index (χ0v) is 16.7. The number of halogens is 2. The van der Waals surface area contributed by atoms with E-state index in [1.165, 1.54) is 0 Å². The minimum atomic E-state index is -0.426. The zero-order valence-electron chi connectivity index (χ0n) is 12.3. The summed E-state index contributed by atoms with van der Waals surface area (Å²) in [5.74, 6) is -0.849. The molecule has 0 aliphatic carbocycles. The molecule has 2 aromatic carbocycles. The Morgan fingerprint density at radius 1 is 0.913 bits per heavy atom. The van der Waals surface area contributed by atoms with Crippen LogP contribution in [0.2, 0.25) is 0 Å². The van der Waals surface area contributed by atoms with Gasteiger partial charge >= 0.3 is 11.9 Å².